The summed E-state index contributed by atoms with van der Waals surface area (Å²) in [4.78, 5) is 34.9. The molecule has 0 saturated carbocycles. The van der Waals surface area contributed by atoms with Crippen molar-refractivity contribution in [1.29, 1.82) is 0 Å². The Kier molecular flexibility index (Phi) is 5.25. The first-order valence-electron chi connectivity index (χ1n) is 9.29. The third-order valence-electron chi connectivity index (χ3n) is 5.04. The molecule has 1 saturated heterocycles. The summed E-state index contributed by atoms with van der Waals surface area (Å²) in [5.74, 6) is 0.758. The maximum atomic E-state index is 12.7. The number of rotatable bonds is 1. The summed E-state index contributed by atoms with van der Waals surface area (Å²) in [6, 6.07) is 3.31. The Hall–Kier alpha value is -2.02. The van der Waals surface area contributed by atoms with E-state index in [0.29, 0.717) is 18.2 Å². The summed E-state index contributed by atoms with van der Waals surface area (Å²) in [5, 5.41) is 0.403. The number of hydrogen-bond acceptors (Lipinski definition) is 5. The number of anilines is 2. The van der Waals surface area contributed by atoms with Crippen molar-refractivity contribution in [3.05, 3.63) is 17.3 Å². The molecular formula is C19H27ClN4O3. The smallest absolute Gasteiger partial charge is 0.410 e. The fourth-order valence-electron chi connectivity index (χ4n) is 3.71. The average Bonchev–Trinajstić information content (AvgIpc) is 2.59. The third kappa shape index (κ3) is 3.98. The van der Waals surface area contributed by atoms with E-state index >= 15 is 0 Å². The summed E-state index contributed by atoms with van der Waals surface area (Å²) < 4.78 is 5.46. The zero-order chi connectivity index (χ0) is 19.9. The van der Waals surface area contributed by atoms with Gasteiger partial charge in [0.2, 0.25) is 5.91 Å². The zero-order valence-electron chi connectivity index (χ0n) is 16.5. The van der Waals surface area contributed by atoms with Crippen molar-refractivity contribution in [2.75, 3.05) is 29.9 Å². The number of pyridine rings is 1. The van der Waals surface area contributed by atoms with Crippen molar-refractivity contribution in [1.82, 2.24) is 9.88 Å². The van der Waals surface area contributed by atoms with Gasteiger partial charge in [-0.05, 0) is 52.7 Å². The number of aromatic nitrogens is 1. The number of halogens is 1. The molecule has 148 valence electrons. The molecule has 2 aliphatic rings. The molecule has 0 aromatic carbocycles. The molecule has 3 heterocycles. The van der Waals surface area contributed by atoms with Crippen LogP contribution in [0.3, 0.4) is 0 Å². The number of piperidine rings is 1. The van der Waals surface area contributed by atoms with Gasteiger partial charge in [-0.1, -0.05) is 11.6 Å². The van der Waals surface area contributed by atoms with Gasteiger partial charge in [-0.3, -0.25) is 4.79 Å². The molecule has 0 unspecified atom stereocenters. The van der Waals surface area contributed by atoms with Crippen molar-refractivity contribution in [2.24, 2.45) is 0 Å². The molecule has 1 aromatic rings. The highest BCUT2D eigenvalue weighted by Gasteiger charge is 2.40. The van der Waals surface area contributed by atoms with Crippen LogP contribution in [0.25, 0.3) is 0 Å². The summed E-state index contributed by atoms with van der Waals surface area (Å²) in [5.41, 5.74) is 0.253. The van der Waals surface area contributed by atoms with E-state index < -0.39 is 5.60 Å². The largest absolute Gasteiger partial charge is 0.444 e. The maximum Gasteiger partial charge on any atom is 0.410 e. The predicted molar refractivity (Wildman–Crippen MR) is 105 cm³/mol. The van der Waals surface area contributed by atoms with Crippen LogP contribution in [0.15, 0.2) is 12.1 Å². The van der Waals surface area contributed by atoms with Crippen molar-refractivity contribution in [2.45, 2.75) is 58.2 Å². The first-order chi connectivity index (χ1) is 12.6. The van der Waals surface area contributed by atoms with E-state index in [4.69, 9.17) is 16.3 Å². The summed E-state index contributed by atoms with van der Waals surface area (Å²) in [6.07, 6.45) is 1.20. The Bertz CT molecular complexity index is 741. The van der Waals surface area contributed by atoms with E-state index in [0.717, 1.165) is 24.3 Å². The summed E-state index contributed by atoms with van der Waals surface area (Å²) >= 11 is 6.13. The van der Waals surface area contributed by atoms with Gasteiger partial charge in [0, 0.05) is 26.2 Å². The van der Waals surface area contributed by atoms with Gasteiger partial charge in [-0.15, -0.1) is 0 Å². The molecule has 0 spiro atoms. The molecule has 1 atom stereocenters. The lowest BCUT2D eigenvalue weighted by molar-refractivity contribution is -0.119. The molecule has 8 heteroatoms. The highest BCUT2D eigenvalue weighted by atomic mass is 35.5. The third-order valence-corrected chi connectivity index (χ3v) is 5.25. The van der Waals surface area contributed by atoms with Crippen LogP contribution in [-0.4, -0.2) is 59.7 Å². The highest BCUT2D eigenvalue weighted by molar-refractivity contribution is 6.29. The number of carbonyl (C=O) groups is 2. The summed E-state index contributed by atoms with van der Waals surface area (Å²) in [6.45, 7) is 8.65. The number of likely N-dealkylation sites (tertiary alicyclic amines) is 1. The van der Waals surface area contributed by atoms with Crippen LogP contribution in [0.2, 0.25) is 5.15 Å². The van der Waals surface area contributed by atoms with Crippen LogP contribution < -0.4 is 9.80 Å². The number of fused-ring (bicyclic) bond motifs is 1. The van der Waals surface area contributed by atoms with Crippen LogP contribution in [0.1, 0.15) is 40.5 Å². The molecule has 0 aliphatic carbocycles. The van der Waals surface area contributed by atoms with Gasteiger partial charge in [0.1, 0.15) is 16.8 Å². The topological polar surface area (TPSA) is 66.0 Å². The normalized spacial score (nSPS) is 21.3. The van der Waals surface area contributed by atoms with Crippen molar-refractivity contribution in [3.8, 4) is 0 Å². The predicted octanol–water partition coefficient (Wildman–Crippen LogP) is 3.31. The Labute approximate surface area is 165 Å². The van der Waals surface area contributed by atoms with Crippen LogP contribution in [0, 0.1) is 0 Å². The van der Waals surface area contributed by atoms with E-state index in [2.05, 4.69) is 9.88 Å². The molecule has 2 aliphatic heterocycles. The Balaban J connectivity index is 1.78. The molecule has 7 nitrogen and oxygen atoms in total. The second kappa shape index (κ2) is 7.19. The second-order valence-corrected chi connectivity index (χ2v) is 8.54. The minimum absolute atomic E-state index is 0.0289. The van der Waals surface area contributed by atoms with E-state index in [9.17, 15) is 9.59 Å². The fraction of sp³-hybridized carbons (Fsp3) is 0.632. The van der Waals surface area contributed by atoms with Gasteiger partial charge in [0.05, 0.1) is 5.69 Å². The Morgan fingerprint density at radius 2 is 1.89 bits per heavy atom. The summed E-state index contributed by atoms with van der Waals surface area (Å²) in [7, 11) is 1.76. The van der Waals surface area contributed by atoms with E-state index in [1.54, 1.807) is 22.9 Å². The van der Waals surface area contributed by atoms with Gasteiger partial charge < -0.3 is 19.4 Å². The lowest BCUT2D eigenvalue weighted by Crippen LogP contribution is -2.57. The number of hydrogen-bond donors (Lipinski definition) is 0. The molecule has 2 amide bonds. The number of ether oxygens (including phenoxy) is 1. The van der Waals surface area contributed by atoms with E-state index in [-0.39, 0.29) is 24.1 Å². The van der Waals surface area contributed by atoms with Gasteiger partial charge in [0.25, 0.3) is 0 Å². The fourth-order valence-corrected chi connectivity index (χ4v) is 3.86. The monoisotopic (exact) mass is 394 g/mol. The Morgan fingerprint density at radius 1 is 1.26 bits per heavy atom. The van der Waals surface area contributed by atoms with Crippen LogP contribution >= 0.6 is 11.6 Å². The number of nitrogens with zero attached hydrogens (tertiary/aromatic N) is 4. The lowest BCUT2D eigenvalue weighted by atomic mass is 9.99. The molecule has 0 N–H and O–H groups in total. The van der Waals surface area contributed by atoms with Gasteiger partial charge in [-0.25, -0.2) is 9.78 Å². The minimum atomic E-state index is -0.508. The highest BCUT2D eigenvalue weighted by Crippen LogP contribution is 2.38. The first kappa shape index (κ1) is 19.7. The van der Waals surface area contributed by atoms with Crippen molar-refractivity contribution < 1.29 is 14.3 Å². The van der Waals surface area contributed by atoms with Crippen molar-refractivity contribution in [3.63, 3.8) is 0 Å². The van der Waals surface area contributed by atoms with Crippen LogP contribution in [-0.2, 0) is 9.53 Å². The average molecular weight is 395 g/mol. The maximum absolute atomic E-state index is 12.7. The molecule has 0 radical (unpaired) electrons. The zero-order valence-corrected chi connectivity index (χ0v) is 17.3. The molecule has 0 bridgehead atoms. The molecule has 27 heavy (non-hydrogen) atoms. The van der Waals surface area contributed by atoms with Gasteiger partial charge >= 0.3 is 6.09 Å². The Morgan fingerprint density at radius 3 is 2.48 bits per heavy atom. The number of carbonyl (C=O) groups excluding carboxylic acids is 2. The quantitative estimate of drug-likeness (QED) is 0.683. The van der Waals surface area contributed by atoms with Crippen molar-refractivity contribution >= 4 is 35.1 Å². The molecule has 1 aromatic heterocycles. The standard InChI is InChI=1S/C19H27ClN4O3/c1-12-17(25)22(5)14-6-7-15(20)21-16(14)24(12)13-8-10-23(11-9-13)18(26)27-19(2,3)4/h6-7,12-13H,8-11H2,1-5H3/t12-/m1/s1. The van der Waals surface area contributed by atoms with Crippen LogP contribution in [0.4, 0.5) is 16.3 Å². The SMILES string of the molecule is C[C@@H]1C(=O)N(C)c2ccc(Cl)nc2N1C1CCN(C(=O)OC(C)(C)C)CC1. The minimum Gasteiger partial charge on any atom is -0.444 e. The van der Waals surface area contributed by atoms with Gasteiger partial charge in [-0.2, -0.15) is 0 Å². The number of likely N-dealkylation sites (N-methyl/N-ethyl adjacent to an activating group) is 1. The lowest BCUT2D eigenvalue weighted by Gasteiger charge is -2.46. The molecular weight excluding hydrogens is 368 g/mol. The molecule has 3 rings (SSSR count). The van der Waals surface area contributed by atoms with Gasteiger partial charge in [0.15, 0.2) is 5.82 Å². The molecule has 1 fully saturated rings. The second-order valence-electron chi connectivity index (χ2n) is 8.16. The van der Waals surface area contributed by atoms with Crippen LogP contribution in [0.5, 0.6) is 0 Å². The number of amides is 2. The first-order valence-corrected chi connectivity index (χ1v) is 9.66. The van der Waals surface area contributed by atoms with E-state index in [1.165, 1.54) is 0 Å². The van der Waals surface area contributed by atoms with E-state index in [1.807, 2.05) is 33.8 Å².